The number of quaternary nitrogens is 1. The second kappa shape index (κ2) is 13.4. The molecule has 0 saturated carbocycles. The van der Waals surface area contributed by atoms with Gasteiger partial charge in [0.15, 0.2) is 0 Å². The molecule has 0 bridgehead atoms. The molecule has 0 unspecified atom stereocenters. The van der Waals surface area contributed by atoms with Gasteiger partial charge in [0.05, 0.1) is 46.4 Å². The first-order chi connectivity index (χ1) is 12.1. The number of ether oxygens (including phenoxy) is 1. The third-order valence-electron chi connectivity index (χ3n) is 5.65. The summed E-state index contributed by atoms with van der Waals surface area (Å²) in [5.41, 5.74) is 0. The number of carbonyl (C=O) groups excluding carboxylic acids is 1. The zero-order valence-electron chi connectivity index (χ0n) is 17.2. The van der Waals surface area contributed by atoms with E-state index in [2.05, 4.69) is 14.0 Å². The fraction of sp³-hybridized carbons (Fsp3) is 0.952. The van der Waals surface area contributed by atoms with Gasteiger partial charge in [-0.3, -0.25) is 4.90 Å². The Balaban J connectivity index is 1.97. The smallest absolute Gasteiger partial charge is 0.410 e. The Morgan fingerprint density at radius 2 is 1.32 bits per heavy atom. The average molecular weight is 356 g/mol. The Morgan fingerprint density at radius 3 is 1.80 bits per heavy atom. The van der Waals surface area contributed by atoms with Crippen molar-refractivity contribution >= 4 is 6.09 Å². The molecule has 1 heterocycles. The Hall–Kier alpha value is -0.770. The predicted octanol–water partition coefficient (Wildman–Crippen LogP) is 5.22. The molecular weight excluding hydrogens is 312 g/mol. The molecular formula is C21H43N2O2+. The highest BCUT2D eigenvalue weighted by Crippen LogP contribution is 2.15. The molecule has 0 spiro atoms. The van der Waals surface area contributed by atoms with Gasteiger partial charge in [0.1, 0.15) is 0 Å². The van der Waals surface area contributed by atoms with Crippen LogP contribution in [-0.4, -0.2) is 61.9 Å². The van der Waals surface area contributed by atoms with Gasteiger partial charge in [0.2, 0.25) is 0 Å². The molecule has 25 heavy (non-hydrogen) atoms. The van der Waals surface area contributed by atoms with E-state index in [0.29, 0.717) is 6.61 Å². The largest absolute Gasteiger partial charge is 0.450 e. The van der Waals surface area contributed by atoms with E-state index in [1.807, 2.05) is 11.8 Å². The fourth-order valence-corrected chi connectivity index (χ4v) is 3.73. The van der Waals surface area contributed by atoms with Crippen LogP contribution >= 0.6 is 0 Å². The molecule has 1 aliphatic rings. The van der Waals surface area contributed by atoms with E-state index in [4.69, 9.17) is 4.74 Å². The van der Waals surface area contributed by atoms with Crippen molar-refractivity contribution in [2.24, 2.45) is 0 Å². The number of carbonyl (C=O) groups is 1. The lowest BCUT2D eigenvalue weighted by molar-refractivity contribution is -0.913. The Labute approximate surface area is 156 Å². The molecule has 1 rings (SSSR count). The molecule has 0 aromatic heterocycles. The predicted molar refractivity (Wildman–Crippen MR) is 106 cm³/mol. The van der Waals surface area contributed by atoms with E-state index < -0.39 is 0 Å². The quantitative estimate of drug-likeness (QED) is 0.335. The molecule has 1 fully saturated rings. The maximum absolute atomic E-state index is 11.8. The van der Waals surface area contributed by atoms with E-state index in [-0.39, 0.29) is 6.09 Å². The molecule has 148 valence electrons. The van der Waals surface area contributed by atoms with Crippen molar-refractivity contribution in [2.45, 2.75) is 84.5 Å². The number of amides is 1. The summed E-state index contributed by atoms with van der Waals surface area (Å²) in [5, 5.41) is 0. The van der Waals surface area contributed by atoms with Crippen LogP contribution in [0.5, 0.6) is 0 Å². The molecule has 0 N–H and O–H groups in total. The zero-order valence-corrected chi connectivity index (χ0v) is 17.2. The van der Waals surface area contributed by atoms with Crippen molar-refractivity contribution in [3.8, 4) is 0 Å². The maximum Gasteiger partial charge on any atom is 0.410 e. The molecule has 0 aromatic carbocycles. The van der Waals surface area contributed by atoms with Crippen molar-refractivity contribution in [1.29, 1.82) is 0 Å². The van der Waals surface area contributed by atoms with Gasteiger partial charge < -0.3 is 9.22 Å². The monoisotopic (exact) mass is 355 g/mol. The van der Waals surface area contributed by atoms with Crippen LogP contribution in [0.25, 0.3) is 0 Å². The van der Waals surface area contributed by atoms with Gasteiger partial charge >= 0.3 is 6.09 Å². The lowest BCUT2D eigenvalue weighted by atomic mass is 10.1. The first-order valence-corrected chi connectivity index (χ1v) is 10.9. The summed E-state index contributed by atoms with van der Waals surface area (Å²) in [4.78, 5) is 13.6. The molecule has 0 atom stereocenters. The van der Waals surface area contributed by atoms with Crippen LogP contribution in [0.15, 0.2) is 0 Å². The molecule has 0 aliphatic carbocycles. The number of nitrogens with zero attached hydrogens (tertiary/aromatic N) is 2. The molecule has 1 saturated heterocycles. The van der Waals surface area contributed by atoms with Crippen molar-refractivity contribution in [3.63, 3.8) is 0 Å². The van der Waals surface area contributed by atoms with E-state index in [1.165, 1.54) is 77.2 Å². The summed E-state index contributed by atoms with van der Waals surface area (Å²) in [6.07, 6.45) is 15.3. The van der Waals surface area contributed by atoms with Gasteiger partial charge in [0.25, 0.3) is 0 Å². The number of piperazine rings is 1. The minimum atomic E-state index is -0.136. The number of unbranched alkanes of at least 4 members (excludes halogenated alkanes) is 10. The van der Waals surface area contributed by atoms with Gasteiger partial charge in [-0.15, -0.1) is 0 Å². The van der Waals surface area contributed by atoms with Gasteiger partial charge in [-0.05, 0) is 19.8 Å². The summed E-state index contributed by atoms with van der Waals surface area (Å²) in [7, 11) is 2.35. The highest BCUT2D eigenvalue weighted by atomic mass is 16.6. The van der Waals surface area contributed by atoms with Crippen LogP contribution in [0, 0.1) is 0 Å². The van der Waals surface area contributed by atoms with Gasteiger partial charge in [-0.1, -0.05) is 64.7 Å². The van der Waals surface area contributed by atoms with Gasteiger partial charge in [-0.25, -0.2) is 4.79 Å². The summed E-state index contributed by atoms with van der Waals surface area (Å²) in [6, 6.07) is 0. The number of hydrogen-bond donors (Lipinski definition) is 0. The lowest BCUT2D eigenvalue weighted by Crippen LogP contribution is -2.58. The Bertz CT molecular complexity index is 339. The topological polar surface area (TPSA) is 29.5 Å². The number of hydrogen-bond acceptors (Lipinski definition) is 2. The summed E-state index contributed by atoms with van der Waals surface area (Å²) in [5.74, 6) is 0. The molecule has 1 aliphatic heterocycles. The van der Waals surface area contributed by atoms with Gasteiger partial charge in [-0.2, -0.15) is 0 Å². The van der Waals surface area contributed by atoms with E-state index in [1.54, 1.807) is 0 Å². The van der Waals surface area contributed by atoms with E-state index >= 15 is 0 Å². The third kappa shape index (κ3) is 10.1. The Morgan fingerprint density at radius 1 is 0.840 bits per heavy atom. The standard InChI is InChI=1S/C21H43N2O2/c1-4-6-7-8-9-10-11-12-13-14-15-18-23(3)19-16-22(17-20-23)21(24)25-5-2/h4-20H2,1-3H3/q+1. The summed E-state index contributed by atoms with van der Waals surface area (Å²) >= 11 is 0. The molecule has 0 radical (unpaired) electrons. The average Bonchev–Trinajstić information content (AvgIpc) is 2.60. The molecule has 1 amide bonds. The van der Waals surface area contributed by atoms with Crippen LogP contribution in [0.1, 0.15) is 84.5 Å². The van der Waals surface area contributed by atoms with Crippen molar-refractivity contribution in [3.05, 3.63) is 0 Å². The van der Waals surface area contributed by atoms with Gasteiger partial charge in [0, 0.05) is 0 Å². The van der Waals surface area contributed by atoms with Crippen LogP contribution in [0.2, 0.25) is 0 Å². The van der Waals surface area contributed by atoms with Crippen molar-refractivity contribution in [2.75, 3.05) is 46.4 Å². The van der Waals surface area contributed by atoms with Crippen LogP contribution in [0.3, 0.4) is 0 Å². The second-order valence-electron chi connectivity index (χ2n) is 8.01. The van der Waals surface area contributed by atoms with E-state index in [0.717, 1.165) is 30.7 Å². The number of rotatable bonds is 13. The third-order valence-corrected chi connectivity index (χ3v) is 5.65. The lowest BCUT2D eigenvalue weighted by Gasteiger charge is -2.41. The molecule has 4 nitrogen and oxygen atoms in total. The molecule has 0 aromatic rings. The van der Waals surface area contributed by atoms with Crippen molar-refractivity contribution in [1.82, 2.24) is 4.90 Å². The normalized spacial score (nSPS) is 16.8. The minimum Gasteiger partial charge on any atom is -0.450 e. The second-order valence-corrected chi connectivity index (χ2v) is 8.01. The summed E-state index contributed by atoms with van der Waals surface area (Å²) in [6.45, 7) is 9.69. The maximum atomic E-state index is 11.8. The number of likely N-dealkylation sites (N-methyl/N-ethyl adjacent to an activating group) is 1. The van der Waals surface area contributed by atoms with Crippen LogP contribution < -0.4 is 0 Å². The summed E-state index contributed by atoms with van der Waals surface area (Å²) < 4.78 is 6.22. The first-order valence-electron chi connectivity index (χ1n) is 10.9. The Kier molecular flexibility index (Phi) is 12.0. The highest BCUT2D eigenvalue weighted by molar-refractivity contribution is 5.67. The first kappa shape index (κ1) is 22.3. The minimum absolute atomic E-state index is 0.136. The zero-order chi connectivity index (χ0) is 18.4. The van der Waals surface area contributed by atoms with E-state index in [9.17, 15) is 4.79 Å². The van der Waals surface area contributed by atoms with Crippen molar-refractivity contribution < 1.29 is 14.0 Å². The fourth-order valence-electron chi connectivity index (χ4n) is 3.73. The van der Waals surface area contributed by atoms with Crippen LogP contribution in [0.4, 0.5) is 4.79 Å². The SMILES string of the molecule is CCCCCCCCCCCCC[N+]1(C)CCN(C(=O)OCC)CC1. The van der Waals surface area contributed by atoms with Crippen LogP contribution in [-0.2, 0) is 4.74 Å². The highest BCUT2D eigenvalue weighted by Gasteiger charge is 2.30. The molecule has 4 heteroatoms.